The van der Waals surface area contributed by atoms with E-state index in [0.717, 1.165) is 0 Å². The molecule has 1 heterocycles. The molecule has 1 saturated heterocycles. The first kappa shape index (κ1) is 25.9. The van der Waals surface area contributed by atoms with E-state index < -0.39 is 55.0 Å². The summed E-state index contributed by atoms with van der Waals surface area (Å²) in [7, 11) is 0. The summed E-state index contributed by atoms with van der Waals surface area (Å²) in [6.07, 6.45) is -37.0. The number of alkyl halides is 15. The lowest BCUT2D eigenvalue weighted by Gasteiger charge is -2.36. The van der Waals surface area contributed by atoms with Crippen LogP contribution >= 0.6 is 0 Å². The molecular weight excluding hydrogens is 465 g/mol. The number of hydrogen-bond acceptors (Lipinski definition) is 3. The predicted octanol–water partition coefficient (Wildman–Crippen LogP) is 5.22. The Morgan fingerprint density at radius 2 is 1.07 bits per heavy atom. The van der Waals surface area contributed by atoms with Crippen LogP contribution < -0.4 is 0 Å². The third kappa shape index (κ3) is 5.31. The van der Waals surface area contributed by atoms with Crippen molar-refractivity contribution in [1.29, 1.82) is 0 Å². The fourth-order valence-corrected chi connectivity index (χ4v) is 1.39. The van der Waals surface area contributed by atoms with Gasteiger partial charge in [0.05, 0.1) is 12.7 Å². The molecule has 0 spiro atoms. The smallest absolute Gasteiger partial charge is 0.373 e. The van der Waals surface area contributed by atoms with Gasteiger partial charge in [-0.15, -0.1) is 0 Å². The van der Waals surface area contributed by atoms with Gasteiger partial charge in [-0.2, -0.15) is 65.9 Å². The molecule has 0 aliphatic carbocycles. The number of hydrogen-bond donors (Lipinski definition) is 0. The van der Waals surface area contributed by atoms with Gasteiger partial charge in [0.1, 0.15) is 0 Å². The van der Waals surface area contributed by atoms with Crippen LogP contribution in [0, 0.1) is 6.42 Å². The summed E-state index contributed by atoms with van der Waals surface area (Å²) in [5.74, 6) is -15.6. The molecule has 1 unspecified atom stereocenters. The molecule has 0 aromatic rings. The molecule has 1 atom stereocenters. The first-order valence-electron chi connectivity index (χ1n) is 6.68. The molecule has 1 aliphatic heterocycles. The van der Waals surface area contributed by atoms with Gasteiger partial charge in [-0.1, -0.05) is 0 Å². The van der Waals surface area contributed by atoms with E-state index in [1.165, 1.54) is 4.74 Å². The minimum absolute atomic E-state index is 0.166. The zero-order chi connectivity index (χ0) is 23.3. The van der Waals surface area contributed by atoms with E-state index in [9.17, 15) is 65.9 Å². The molecular formula is C11H6F15O3. The second-order valence-corrected chi connectivity index (χ2v) is 5.35. The molecule has 0 bridgehead atoms. The molecule has 29 heavy (non-hydrogen) atoms. The predicted molar refractivity (Wildman–Crippen MR) is 56.6 cm³/mol. The van der Waals surface area contributed by atoms with Crippen LogP contribution in [0.2, 0.25) is 0 Å². The average Bonchev–Trinajstić information content (AvgIpc) is 3.25. The molecule has 18 heteroatoms. The van der Waals surface area contributed by atoms with Gasteiger partial charge in [-0.3, -0.25) is 0 Å². The van der Waals surface area contributed by atoms with Crippen molar-refractivity contribution in [2.45, 2.75) is 55.0 Å². The normalized spacial score (nSPS) is 20.2. The van der Waals surface area contributed by atoms with Crippen molar-refractivity contribution < 1.29 is 80.1 Å². The van der Waals surface area contributed by atoms with E-state index in [2.05, 4.69) is 9.47 Å². The number of rotatable bonds is 10. The van der Waals surface area contributed by atoms with Crippen molar-refractivity contribution in [2.24, 2.45) is 0 Å². The van der Waals surface area contributed by atoms with Crippen molar-refractivity contribution >= 4 is 0 Å². The molecule has 0 aromatic heterocycles. The Bertz CT molecular complexity index is 581. The van der Waals surface area contributed by atoms with E-state index in [4.69, 9.17) is 0 Å². The maximum absolute atomic E-state index is 13.1. The van der Waals surface area contributed by atoms with E-state index >= 15 is 0 Å². The number of halogens is 15. The van der Waals surface area contributed by atoms with Crippen LogP contribution in [0.1, 0.15) is 6.42 Å². The Balaban J connectivity index is 3.04. The van der Waals surface area contributed by atoms with Gasteiger partial charge in [0.15, 0.2) is 0 Å². The molecule has 1 fully saturated rings. The summed E-state index contributed by atoms with van der Waals surface area (Å²) >= 11 is 0. The fourth-order valence-electron chi connectivity index (χ4n) is 1.39. The minimum Gasteiger partial charge on any atom is -0.373 e. The highest BCUT2D eigenvalue weighted by Crippen LogP contribution is 2.56. The molecule has 1 aliphatic rings. The molecule has 1 radical (unpaired) electrons. The summed E-state index contributed by atoms with van der Waals surface area (Å²) < 4.78 is 198. The monoisotopic (exact) mass is 471 g/mol. The third-order valence-electron chi connectivity index (χ3n) is 2.97. The first-order chi connectivity index (χ1) is 12.5. The van der Waals surface area contributed by atoms with E-state index in [1.807, 2.05) is 0 Å². The summed E-state index contributed by atoms with van der Waals surface area (Å²) in [6.45, 7) is -0.166. The molecule has 0 N–H and O–H groups in total. The summed E-state index contributed by atoms with van der Waals surface area (Å²) in [4.78, 5) is 0. The van der Waals surface area contributed by atoms with Crippen molar-refractivity contribution in [1.82, 2.24) is 0 Å². The maximum Gasteiger partial charge on any atom is 0.460 e. The Morgan fingerprint density at radius 3 is 1.45 bits per heavy atom. The largest absolute Gasteiger partial charge is 0.460 e. The van der Waals surface area contributed by atoms with Gasteiger partial charge in [-0.05, 0) is 0 Å². The van der Waals surface area contributed by atoms with Crippen LogP contribution in [0.25, 0.3) is 0 Å². The quantitative estimate of drug-likeness (QED) is 0.324. The van der Waals surface area contributed by atoms with Crippen molar-refractivity contribution in [3.63, 3.8) is 0 Å². The Hall–Kier alpha value is -1.17. The van der Waals surface area contributed by atoms with Crippen molar-refractivity contribution in [3.8, 4) is 0 Å². The Morgan fingerprint density at radius 1 is 0.655 bits per heavy atom. The lowest BCUT2D eigenvalue weighted by molar-refractivity contribution is -0.542. The molecule has 0 aromatic carbocycles. The van der Waals surface area contributed by atoms with Crippen LogP contribution in [-0.2, 0) is 14.2 Å². The highest BCUT2D eigenvalue weighted by molar-refractivity contribution is 4.97. The highest BCUT2D eigenvalue weighted by Gasteiger charge is 2.85. The van der Waals surface area contributed by atoms with Gasteiger partial charge in [0, 0.05) is 12.8 Å². The summed E-state index contributed by atoms with van der Waals surface area (Å²) in [5.41, 5.74) is 0. The third-order valence-corrected chi connectivity index (χ3v) is 2.97. The molecule has 1 rings (SSSR count). The van der Waals surface area contributed by atoms with E-state index in [-0.39, 0.29) is 6.61 Å². The van der Waals surface area contributed by atoms with Crippen LogP contribution in [0.3, 0.4) is 0 Å². The van der Waals surface area contributed by atoms with Crippen LogP contribution in [-0.4, -0.2) is 55.2 Å². The zero-order valence-corrected chi connectivity index (χ0v) is 13.0. The minimum atomic E-state index is -7.86. The van der Waals surface area contributed by atoms with Gasteiger partial charge >= 0.3 is 42.5 Å². The number of ether oxygens (including phenoxy) is 3. The lowest BCUT2D eigenvalue weighted by Crippen LogP contribution is -2.64. The Labute approximate surface area is 149 Å². The van der Waals surface area contributed by atoms with Gasteiger partial charge in [-0.25, -0.2) is 9.47 Å². The molecule has 0 amide bonds. The maximum atomic E-state index is 13.1. The van der Waals surface area contributed by atoms with Crippen molar-refractivity contribution in [2.75, 3.05) is 6.61 Å². The van der Waals surface area contributed by atoms with Gasteiger partial charge in [0.25, 0.3) is 0 Å². The highest BCUT2D eigenvalue weighted by atomic mass is 19.4. The van der Waals surface area contributed by atoms with E-state index in [1.54, 1.807) is 0 Å². The zero-order valence-electron chi connectivity index (χ0n) is 13.0. The van der Waals surface area contributed by atoms with Gasteiger partial charge in [0.2, 0.25) is 0 Å². The van der Waals surface area contributed by atoms with Gasteiger partial charge < -0.3 is 4.74 Å². The molecule has 0 saturated carbocycles. The second kappa shape index (κ2) is 7.21. The van der Waals surface area contributed by atoms with Crippen LogP contribution in [0.15, 0.2) is 0 Å². The molecule has 173 valence electrons. The second-order valence-electron chi connectivity index (χ2n) is 5.35. The molecule has 3 nitrogen and oxygen atoms in total. The van der Waals surface area contributed by atoms with Crippen LogP contribution in [0.5, 0.6) is 0 Å². The Kier molecular flexibility index (Phi) is 6.43. The average molecular weight is 471 g/mol. The number of epoxide rings is 1. The first-order valence-corrected chi connectivity index (χ1v) is 6.68. The van der Waals surface area contributed by atoms with Crippen molar-refractivity contribution in [3.05, 3.63) is 6.42 Å². The fraction of sp³-hybridized carbons (Fsp3) is 0.909. The standard InChI is InChI=1S/C11H6F15O3/c12-5(13,2-1-4-3-27-4)28-10(23,24)11(25,26)29-9(21,22)7(16,17)6(14,15)8(18,19)20/h1,4H,2-3H2. The summed E-state index contributed by atoms with van der Waals surface area (Å²) in [6, 6.07) is 0. The van der Waals surface area contributed by atoms with E-state index in [0.29, 0.717) is 6.42 Å². The lowest BCUT2D eigenvalue weighted by atomic mass is 10.1. The topological polar surface area (TPSA) is 31.0 Å². The summed E-state index contributed by atoms with van der Waals surface area (Å²) in [5, 5.41) is 0. The SMILES string of the molecule is FC(F)(C[CH]C1CO1)OC(F)(F)C(F)(F)OC(F)(F)C(F)(F)C(F)(F)C(F)(F)F. The van der Waals surface area contributed by atoms with Crippen LogP contribution in [0.4, 0.5) is 65.9 Å².